The van der Waals surface area contributed by atoms with E-state index in [1.54, 1.807) is 24.3 Å². The molecule has 1 aromatic carbocycles. The van der Waals surface area contributed by atoms with Crippen LogP contribution in [-0.2, 0) is 14.4 Å². The third-order valence-corrected chi connectivity index (χ3v) is 5.87. The van der Waals surface area contributed by atoms with Crippen molar-refractivity contribution in [1.29, 1.82) is 0 Å². The van der Waals surface area contributed by atoms with Crippen molar-refractivity contribution in [2.24, 2.45) is 11.7 Å². The molecule has 8 heteroatoms. The van der Waals surface area contributed by atoms with Crippen LogP contribution in [-0.4, -0.2) is 56.5 Å². The molecule has 0 spiro atoms. The number of rotatable bonds is 9. The van der Waals surface area contributed by atoms with E-state index in [0.717, 1.165) is 51.2 Å². The number of hydrogen-bond acceptors (Lipinski definition) is 4. The Balaban J connectivity index is 1.42. The van der Waals surface area contributed by atoms with E-state index in [2.05, 4.69) is 0 Å². The molecule has 0 saturated carbocycles. The fourth-order valence-electron chi connectivity index (χ4n) is 4.20. The number of nitrogens with zero attached hydrogens (tertiary/aromatic N) is 1. The molecule has 2 aliphatic heterocycles. The van der Waals surface area contributed by atoms with Gasteiger partial charge in [0.15, 0.2) is 6.04 Å². The maximum Gasteiger partial charge on any atom is 0.292 e. The second kappa shape index (κ2) is 9.84. The van der Waals surface area contributed by atoms with Crippen LogP contribution in [0.15, 0.2) is 24.3 Å². The zero-order valence-electron chi connectivity index (χ0n) is 17.1. The lowest BCUT2D eigenvalue weighted by Gasteiger charge is -2.27. The molecule has 0 bridgehead atoms. The monoisotopic (exact) mass is 404 g/mol. The molecule has 1 aromatic rings. The number of primary amides is 1. The van der Waals surface area contributed by atoms with Crippen LogP contribution >= 0.6 is 0 Å². The molecule has 0 aliphatic carbocycles. The Kier molecular flexibility index (Phi) is 7.22. The number of quaternary nitrogens is 2. The fourth-order valence-corrected chi connectivity index (χ4v) is 4.20. The molecule has 5 N–H and O–H groups in total. The number of nitrogens with two attached hydrogens (primary N) is 2. The van der Waals surface area contributed by atoms with E-state index in [-0.39, 0.29) is 36.1 Å². The lowest BCUT2D eigenvalue weighted by Crippen LogP contribution is -3.13. The van der Waals surface area contributed by atoms with Gasteiger partial charge >= 0.3 is 0 Å². The maximum atomic E-state index is 12.7. The first kappa shape index (κ1) is 21.3. The van der Waals surface area contributed by atoms with Gasteiger partial charge in [-0.3, -0.25) is 14.4 Å². The summed E-state index contributed by atoms with van der Waals surface area (Å²) in [6.45, 7) is 6.25. The SMILES string of the molecule is CCOc1ccc(N2C(=O)C[C@@H]([NH2+]CCC[NH+]3CCC(C(N)=O)CC3)C2=O)cc1. The Hall–Kier alpha value is -2.45. The molecule has 3 amide bonds. The fraction of sp³-hybridized carbons (Fsp3) is 0.571. The Morgan fingerprint density at radius 1 is 1.24 bits per heavy atom. The number of likely N-dealkylation sites (tertiary alicyclic amines) is 1. The number of piperidine rings is 1. The number of hydrogen-bond donors (Lipinski definition) is 3. The first-order chi connectivity index (χ1) is 14.0. The van der Waals surface area contributed by atoms with E-state index in [0.29, 0.717) is 12.3 Å². The van der Waals surface area contributed by atoms with E-state index in [4.69, 9.17) is 10.5 Å². The normalized spacial score (nSPS) is 24.7. The predicted octanol–water partition coefficient (Wildman–Crippen LogP) is -1.55. The zero-order chi connectivity index (χ0) is 20.8. The molecule has 29 heavy (non-hydrogen) atoms. The Morgan fingerprint density at radius 2 is 1.93 bits per heavy atom. The van der Waals surface area contributed by atoms with Gasteiger partial charge in [-0.25, -0.2) is 4.90 Å². The molecule has 158 valence electrons. The molecule has 0 radical (unpaired) electrons. The number of carbonyl (C=O) groups excluding carboxylic acids is 3. The van der Waals surface area contributed by atoms with Crippen molar-refractivity contribution >= 4 is 23.4 Å². The van der Waals surface area contributed by atoms with Crippen molar-refractivity contribution in [3.63, 3.8) is 0 Å². The summed E-state index contributed by atoms with van der Waals surface area (Å²) in [5, 5.41) is 1.99. The van der Waals surface area contributed by atoms with Crippen LogP contribution < -0.4 is 25.6 Å². The summed E-state index contributed by atoms with van der Waals surface area (Å²) in [6.07, 6.45) is 2.93. The van der Waals surface area contributed by atoms with Gasteiger partial charge in [0.1, 0.15) is 5.75 Å². The summed E-state index contributed by atoms with van der Waals surface area (Å²) in [5.41, 5.74) is 5.98. The van der Waals surface area contributed by atoms with Gasteiger partial charge in [-0.2, -0.15) is 0 Å². The zero-order valence-corrected chi connectivity index (χ0v) is 17.1. The van der Waals surface area contributed by atoms with E-state index < -0.39 is 0 Å². The summed E-state index contributed by atoms with van der Waals surface area (Å²) in [7, 11) is 0. The summed E-state index contributed by atoms with van der Waals surface area (Å²) in [5.74, 6) is 0.272. The first-order valence-electron chi connectivity index (χ1n) is 10.6. The van der Waals surface area contributed by atoms with Gasteiger partial charge < -0.3 is 20.7 Å². The highest BCUT2D eigenvalue weighted by molar-refractivity contribution is 6.21. The molecule has 3 rings (SSSR count). The molecule has 0 unspecified atom stereocenters. The molecule has 2 saturated heterocycles. The van der Waals surface area contributed by atoms with Gasteiger partial charge in [0.2, 0.25) is 11.8 Å². The summed E-state index contributed by atoms with van der Waals surface area (Å²) in [4.78, 5) is 39.1. The van der Waals surface area contributed by atoms with Crippen molar-refractivity contribution in [2.45, 2.75) is 38.6 Å². The first-order valence-corrected chi connectivity index (χ1v) is 10.6. The maximum absolute atomic E-state index is 12.7. The summed E-state index contributed by atoms with van der Waals surface area (Å²) < 4.78 is 5.41. The molecule has 0 aromatic heterocycles. The average molecular weight is 405 g/mol. The van der Waals surface area contributed by atoms with Crippen LogP contribution in [0, 0.1) is 5.92 Å². The highest BCUT2D eigenvalue weighted by atomic mass is 16.5. The largest absolute Gasteiger partial charge is 0.494 e. The molecule has 1 atom stereocenters. The number of ether oxygens (including phenoxy) is 1. The summed E-state index contributed by atoms with van der Waals surface area (Å²) >= 11 is 0. The Morgan fingerprint density at radius 3 is 2.55 bits per heavy atom. The Labute approximate surface area is 171 Å². The van der Waals surface area contributed by atoms with E-state index in [1.165, 1.54) is 9.80 Å². The lowest BCUT2D eigenvalue weighted by molar-refractivity contribution is -0.907. The van der Waals surface area contributed by atoms with Gasteiger partial charge in [-0.1, -0.05) is 0 Å². The van der Waals surface area contributed by atoms with E-state index >= 15 is 0 Å². The summed E-state index contributed by atoms with van der Waals surface area (Å²) in [6, 6.07) is 6.72. The minimum absolute atomic E-state index is 0.0287. The van der Waals surface area contributed by atoms with Crippen LogP contribution in [0.1, 0.15) is 32.6 Å². The quantitative estimate of drug-likeness (QED) is 0.342. The van der Waals surface area contributed by atoms with Crippen molar-refractivity contribution in [3.8, 4) is 5.75 Å². The van der Waals surface area contributed by atoms with Gasteiger partial charge in [0.05, 0.1) is 44.9 Å². The molecule has 8 nitrogen and oxygen atoms in total. The van der Waals surface area contributed by atoms with E-state index in [1.807, 2.05) is 12.2 Å². The van der Waals surface area contributed by atoms with Crippen molar-refractivity contribution in [1.82, 2.24) is 0 Å². The van der Waals surface area contributed by atoms with Crippen LogP contribution in [0.2, 0.25) is 0 Å². The van der Waals surface area contributed by atoms with Gasteiger partial charge in [-0.05, 0) is 31.2 Å². The van der Waals surface area contributed by atoms with Crippen molar-refractivity contribution in [2.75, 3.05) is 37.7 Å². The highest BCUT2D eigenvalue weighted by Crippen LogP contribution is 2.24. The third-order valence-electron chi connectivity index (χ3n) is 5.87. The minimum Gasteiger partial charge on any atom is -0.494 e. The molecule has 2 aliphatic rings. The van der Waals surface area contributed by atoms with Crippen LogP contribution in [0.25, 0.3) is 0 Å². The molecule has 2 fully saturated rings. The molecular weight excluding hydrogens is 372 g/mol. The van der Waals surface area contributed by atoms with Crippen molar-refractivity contribution in [3.05, 3.63) is 24.3 Å². The van der Waals surface area contributed by atoms with Gasteiger partial charge in [0.25, 0.3) is 5.91 Å². The molecular formula is C21H32N4O4+2. The Bertz CT molecular complexity index is 729. The van der Waals surface area contributed by atoms with Crippen LogP contribution in [0.5, 0.6) is 5.75 Å². The van der Waals surface area contributed by atoms with Crippen LogP contribution in [0.3, 0.4) is 0 Å². The van der Waals surface area contributed by atoms with Gasteiger partial charge in [0, 0.05) is 25.2 Å². The third kappa shape index (κ3) is 5.33. The van der Waals surface area contributed by atoms with Crippen LogP contribution in [0.4, 0.5) is 5.69 Å². The number of anilines is 1. The topological polar surface area (TPSA) is 111 Å². The smallest absolute Gasteiger partial charge is 0.292 e. The minimum atomic E-state index is -0.343. The second-order valence-corrected chi connectivity index (χ2v) is 7.86. The number of carbonyl (C=O) groups is 3. The van der Waals surface area contributed by atoms with E-state index in [9.17, 15) is 14.4 Å². The second-order valence-electron chi connectivity index (χ2n) is 7.86. The van der Waals surface area contributed by atoms with Gasteiger partial charge in [-0.15, -0.1) is 0 Å². The standard InChI is InChI=1S/C21H30N4O4/c1-2-29-17-6-4-16(5-7-17)25-19(26)14-18(21(25)28)23-10-3-11-24-12-8-15(9-13-24)20(22)27/h4-7,15,18,23H,2-3,8-14H2,1H3,(H2,22,27)/p+2/t18-/m1/s1. The predicted molar refractivity (Wildman–Crippen MR) is 107 cm³/mol. The highest BCUT2D eigenvalue weighted by Gasteiger charge is 2.42. The average Bonchev–Trinajstić information content (AvgIpc) is 3.00. The number of nitrogens with one attached hydrogen (secondary N) is 1. The number of imide groups is 1. The lowest BCUT2D eigenvalue weighted by atomic mass is 9.96. The van der Waals surface area contributed by atoms with Crippen molar-refractivity contribution < 1.29 is 29.3 Å². The molecule has 2 heterocycles. The number of amides is 3. The number of benzene rings is 1.